The van der Waals surface area contributed by atoms with Crippen molar-refractivity contribution in [1.29, 1.82) is 0 Å². The van der Waals surface area contributed by atoms with Crippen molar-refractivity contribution in [2.45, 2.75) is 95.9 Å². The lowest BCUT2D eigenvalue weighted by molar-refractivity contribution is -0.121. The van der Waals surface area contributed by atoms with E-state index in [1.807, 2.05) is 0 Å². The Morgan fingerprint density at radius 1 is 0.607 bits per heavy atom. The topological polar surface area (TPSA) is 0 Å². The third-order valence-corrected chi connectivity index (χ3v) is 8.19. The molecular weight excluding hydrogens is 336 g/mol. The van der Waals surface area contributed by atoms with Crippen LogP contribution in [-0.4, -0.2) is 0 Å². The summed E-state index contributed by atoms with van der Waals surface area (Å²) in [6.45, 7) is 29.6. The van der Waals surface area contributed by atoms with Gasteiger partial charge in [0.2, 0.25) is 0 Å². The Labute approximate surface area is 176 Å². The lowest BCUT2D eigenvalue weighted by atomic mass is 9.39. The molecule has 2 rings (SSSR count). The predicted octanol–water partition coefficient (Wildman–Crippen LogP) is 9.02. The van der Waals surface area contributed by atoms with E-state index in [4.69, 9.17) is 0 Å². The highest BCUT2D eigenvalue weighted by Crippen LogP contribution is 2.70. The Bertz CT molecular complexity index is 675. The van der Waals surface area contributed by atoms with Crippen molar-refractivity contribution < 1.29 is 0 Å². The molecule has 0 radical (unpaired) electrons. The van der Waals surface area contributed by atoms with Crippen LogP contribution in [0.25, 0.3) is 5.57 Å². The van der Waals surface area contributed by atoms with E-state index in [1.54, 1.807) is 5.57 Å². The summed E-state index contributed by atoms with van der Waals surface area (Å²) in [5.41, 5.74) is 4.04. The zero-order valence-corrected chi connectivity index (χ0v) is 20.9. The average molecular weight is 383 g/mol. The lowest BCUT2D eigenvalue weighted by Crippen LogP contribution is -2.57. The number of allylic oxidation sites excluding steroid dienone is 2. The molecule has 0 bridgehead atoms. The molecule has 1 aliphatic carbocycles. The fourth-order valence-electron chi connectivity index (χ4n) is 6.37. The molecule has 1 aromatic carbocycles. The van der Waals surface area contributed by atoms with Crippen LogP contribution in [0.2, 0.25) is 0 Å². The Morgan fingerprint density at radius 2 is 1.04 bits per heavy atom. The molecule has 1 aromatic rings. The smallest absolute Gasteiger partial charge is 0.000946 e. The van der Waals surface area contributed by atoms with Gasteiger partial charge in [0.05, 0.1) is 0 Å². The Morgan fingerprint density at radius 3 is 1.39 bits per heavy atom. The summed E-state index contributed by atoms with van der Waals surface area (Å²) < 4.78 is 0. The van der Waals surface area contributed by atoms with E-state index in [9.17, 15) is 0 Å². The van der Waals surface area contributed by atoms with Crippen LogP contribution in [0.5, 0.6) is 0 Å². The first kappa shape index (κ1) is 23.2. The molecule has 28 heavy (non-hydrogen) atoms. The molecule has 0 saturated carbocycles. The molecule has 0 atom stereocenters. The van der Waals surface area contributed by atoms with E-state index in [1.165, 1.54) is 12.0 Å². The standard InChI is InChI=1S/C28H46/c1-23(2,3)27(24(4,5)6)18-22(21-16-14-13-15-17-21)19-28(20-27,25(7,8)9)26(10,11)12/h13-18H,19-20H2,1-12H3. The minimum atomic E-state index is 0.115. The predicted molar refractivity (Wildman–Crippen MR) is 126 cm³/mol. The van der Waals surface area contributed by atoms with E-state index < -0.39 is 0 Å². The van der Waals surface area contributed by atoms with Gasteiger partial charge < -0.3 is 0 Å². The van der Waals surface area contributed by atoms with Gasteiger partial charge in [0.25, 0.3) is 0 Å². The van der Waals surface area contributed by atoms with Gasteiger partial charge in [-0.2, -0.15) is 0 Å². The summed E-state index contributed by atoms with van der Waals surface area (Å²) in [6, 6.07) is 11.1. The molecule has 0 amide bonds. The van der Waals surface area contributed by atoms with Gasteiger partial charge in [-0.05, 0) is 56.5 Å². The summed E-state index contributed by atoms with van der Waals surface area (Å²) in [7, 11) is 0. The van der Waals surface area contributed by atoms with Crippen LogP contribution in [0.1, 0.15) is 101 Å². The third-order valence-electron chi connectivity index (χ3n) is 8.19. The van der Waals surface area contributed by atoms with Crippen LogP contribution in [0, 0.1) is 32.5 Å². The van der Waals surface area contributed by atoms with Gasteiger partial charge in [-0.1, -0.05) is 119 Å². The van der Waals surface area contributed by atoms with Gasteiger partial charge in [-0.15, -0.1) is 0 Å². The SMILES string of the molecule is CC(C)(C)C1(C(C)(C)C)C=C(c2ccccc2)CC(C(C)(C)C)(C(C)(C)C)C1. The van der Waals surface area contributed by atoms with Crippen molar-refractivity contribution in [2.24, 2.45) is 32.5 Å². The van der Waals surface area contributed by atoms with E-state index in [2.05, 4.69) is 119 Å². The van der Waals surface area contributed by atoms with Gasteiger partial charge >= 0.3 is 0 Å². The van der Waals surface area contributed by atoms with Crippen molar-refractivity contribution >= 4 is 5.57 Å². The maximum Gasteiger partial charge on any atom is -0.000946 e. The summed E-state index contributed by atoms with van der Waals surface area (Å²) in [5.74, 6) is 0. The van der Waals surface area contributed by atoms with Gasteiger partial charge in [-0.3, -0.25) is 0 Å². The van der Waals surface area contributed by atoms with Crippen LogP contribution in [0.3, 0.4) is 0 Å². The average Bonchev–Trinajstić information content (AvgIpc) is 2.51. The highest BCUT2D eigenvalue weighted by atomic mass is 14.7. The highest BCUT2D eigenvalue weighted by molar-refractivity contribution is 5.69. The molecule has 0 fully saturated rings. The molecule has 0 heteroatoms. The molecule has 0 N–H and O–H groups in total. The number of hydrogen-bond donors (Lipinski definition) is 0. The molecule has 0 unspecified atom stereocenters. The molecule has 0 saturated heterocycles. The zero-order valence-electron chi connectivity index (χ0n) is 20.9. The van der Waals surface area contributed by atoms with Crippen molar-refractivity contribution in [3.05, 3.63) is 42.0 Å². The zero-order chi connectivity index (χ0) is 21.8. The van der Waals surface area contributed by atoms with Crippen LogP contribution in [0.15, 0.2) is 36.4 Å². The van der Waals surface area contributed by atoms with E-state index in [0.717, 1.165) is 6.42 Å². The second-order valence-corrected chi connectivity index (χ2v) is 13.4. The molecular formula is C28H46. The van der Waals surface area contributed by atoms with Crippen molar-refractivity contribution in [2.75, 3.05) is 0 Å². The van der Waals surface area contributed by atoms with Crippen molar-refractivity contribution in [3.8, 4) is 0 Å². The van der Waals surface area contributed by atoms with Gasteiger partial charge in [0, 0.05) is 0 Å². The first-order valence-electron chi connectivity index (χ1n) is 11.2. The summed E-state index contributed by atoms with van der Waals surface area (Å²) in [6.07, 6.45) is 5.08. The Kier molecular flexibility index (Phi) is 5.60. The number of benzene rings is 1. The number of rotatable bonds is 1. The van der Waals surface area contributed by atoms with Crippen molar-refractivity contribution in [3.63, 3.8) is 0 Å². The fraction of sp³-hybridized carbons (Fsp3) is 0.714. The molecule has 0 nitrogen and oxygen atoms in total. The first-order valence-corrected chi connectivity index (χ1v) is 11.2. The molecule has 0 heterocycles. The van der Waals surface area contributed by atoms with E-state index in [-0.39, 0.29) is 32.5 Å². The minimum Gasteiger partial charge on any atom is -0.0734 e. The molecule has 0 aromatic heterocycles. The summed E-state index contributed by atoms with van der Waals surface area (Å²) in [5, 5.41) is 0. The van der Waals surface area contributed by atoms with Crippen LogP contribution >= 0.6 is 0 Å². The molecule has 1 aliphatic rings. The molecule has 0 aliphatic heterocycles. The fourth-order valence-corrected chi connectivity index (χ4v) is 6.37. The quantitative estimate of drug-likeness (QED) is 0.454. The molecule has 158 valence electrons. The van der Waals surface area contributed by atoms with Crippen LogP contribution in [-0.2, 0) is 0 Å². The van der Waals surface area contributed by atoms with Gasteiger partial charge in [-0.25, -0.2) is 0 Å². The van der Waals surface area contributed by atoms with E-state index in [0.29, 0.717) is 0 Å². The van der Waals surface area contributed by atoms with Crippen molar-refractivity contribution in [1.82, 2.24) is 0 Å². The lowest BCUT2D eigenvalue weighted by Gasteiger charge is -2.65. The van der Waals surface area contributed by atoms with Crippen LogP contribution in [0.4, 0.5) is 0 Å². The highest BCUT2D eigenvalue weighted by Gasteiger charge is 2.61. The van der Waals surface area contributed by atoms with Gasteiger partial charge in [0.1, 0.15) is 0 Å². The Hall–Kier alpha value is -1.04. The van der Waals surface area contributed by atoms with E-state index >= 15 is 0 Å². The maximum atomic E-state index is 2.69. The normalized spacial score (nSPS) is 20.6. The third kappa shape index (κ3) is 3.61. The first-order chi connectivity index (χ1) is 12.4. The summed E-state index contributed by atoms with van der Waals surface area (Å²) in [4.78, 5) is 0. The maximum absolute atomic E-state index is 2.69. The Balaban J connectivity index is 2.93. The summed E-state index contributed by atoms with van der Waals surface area (Å²) >= 11 is 0. The van der Waals surface area contributed by atoms with Gasteiger partial charge in [0.15, 0.2) is 0 Å². The van der Waals surface area contributed by atoms with Crippen LogP contribution < -0.4 is 0 Å². The number of hydrogen-bond acceptors (Lipinski definition) is 0. The minimum absolute atomic E-state index is 0.115. The molecule has 0 spiro atoms. The monoisotopic (exact) mass is 382 g/mol. The largest absolute Gasteiger partial charge is 0.0734 e. The second kappa shape index (κ2) is 6.75. The second-order valence-electron chi connectivity index (χ2n) is 13.4.